The second kappa shape index (κ2) is 11.4. The lowest BCUT2D eigenvalue weighted by Crippen LogP contribution is -2.40. The van der Waals surface area contributed by atoms with Crippen LogP contribution < -0.4 is 5.32 Å². The summed E-state index contributed by atoms with van der Waals surface area (Å²) in [6, 6.07) is 0. The molecule has 4 nitrogen and oxygen atoms in total. The predicted molar refractivity (Wildman–Crippen MR) is 90.7 cm³/mol. The zero-order chi connectivity index (χ0) is 19.6. The van der Waals surface area contributed by atoms with Crippen LogP contribution >= 0.6 is 0 Å². The zero-order valence-electron chi connectivity index (χ0n) is 16.0. The monoisotopic (exact) mass is 354 g/mol. The number of alkyl halides is 3. The molecule has 1 unspecified atom stereocenters. The van der Waals surface area contributed by atoms with E-state index in [-0.39, 0.29) is 17.9 Å². The lowest BCUT2D eigenvalue weighted by atomic mass is 9.84. The fraction of sp³-hybridized carbons (Fsp3) is 0.882. The molecule has 1 heterocycles. The van der Waals surface area contributed by atoms with Crippen LogP contribution in [0.25, 0.3) is 0 Å². The largest absolute Gasteiger partial charge is 0.401 e. The van der Waals surface area contributed by atoms with Gasteiger partial charge in [0.15, 0.2) is 0 Å². The van der Waals surface area contributed by atoms with E-state index in [2.05, 4.69) is 46.9 Å². The van der Waals surface area contributed by atoms with Crippen molar-refractivity contribution in [1.82, 2.24) is 10.2 Å². The van der Waals surface area contributed by atoms with E-state index in [1.165, 1.54) is 6.92 Å². The Labute approximate surface area is 144 Å². The number of amides is 1. The Balaban J connectivity index is 0. The van der Waals surface area contributed by atoms with Crippen molar-refractivity contribution in [3.05, 3.63) is 0 Å². The van der Waals surface area contributed by atoms with Crippen LogP contribution in [0.2, 0.25) is 0 Å². The smallest absolute Gasteiger partial charge is 0.341 e. The SMILES string of the molecule is CC(C)C.CC1CN(C(=O)CNCC(F)(F)F)CC1(C)C.CC=O. The van der Waals surface area contributed by atoms with Gasteiger partial charge in [0.05, 0.1) is 13.1 Å². The van der Waals surface area contributed by atoms with Crippen LogP contribution in [0, 0.1) is 17.3 Å². The zero-order valence-corrected chi connectivity index (χ0v) is 16.0. The Morgan fingerprint density at radius 3 is 2.04 bits per heavy atom. The van der Waals surface area contributed by atoms with Crippen molar-refractivity contribution in [2.24, 2.45) is 17.3 Å². The fourth-order valence-electron chi connectivity index (χ4n) is 1.90. The molecule has 1 fully saturated rings. The Morgan fingerprint density at radius 1 is 1.33 bits per heavy atom. The van der Waals surface area contributed by atoms with Crippen molar-refractivity contribution in [3.63, 3.8) is 0 Å². The standard InChI is InChI=1S/C11H19F3N2O.C4H10.C2H4O/c1-8-5-16(7-10(8,2)3)9(17)4-15-6-11(12,13)14;1-4(2)3;1-2-3/h8,15H,4-7H2,1-3H3;4H,1-3H3;2H,1H3. The predicted octanol–water partition coefficient (Wildman–Crippen LogP) is 3.51. The molecule has 1 amide bonds. The Hall–Kier alpha value is -1.11. The van der Waals surface area contributed by atoms with Crippen LogP contribution in [0.15, 0.2) is 0 Å². The van der Waals surface area contributed by atoms with Gasteiger partial charge in [-0.3, -0.25) is 4.79 Å². The first-order valence-electron chi connectivity index (χ1n) is 8.21. The average Bonchev–Trinajstić information content (AvgIpc) is 2.62. The van der Waals surface area contributed by atoms with Crippen LogP contribution in [0.1, 0.15) is 48.5 Å². The third kappa shape index (κ3) is 13.3. The van der Waals surface area contributed by atoms with Crippen molar-refractivity contribution in [1.29, 1.82) is 0 Å². The van der Waals surface area contributed by atoms with Crippen LogP contribution in [-0.4, -0.2) is 49.4 Å². The Bertz CT molecular complexity index is 367. The van der Waals surface area contributed by atoms with Crippen molar-refractivity contribution < 1.29 is 22.8 Å². The maximum Gasteiger partial charge on any atom is 0.401 e. The number of nitrogens with zero attached hydrogens (tertiary/aromatic N) is 1. The quantitative estimate of drug-likeness (QED) is 0.789. The summed E-state index contributed by atoms with van der Waals surface area (Å²) in [6.07, 6.45) is -3.52. The van der Waals surface area contributed by atoms with Crippen LogP contribution in [0.3, 0.4) is 0 Å². The lowest BCUT2D eigenvalue weighted by molar-refractivity contribution is -0.133. The molecule has 0 spiro atoms. The second-order valence-electron chi connectivity index (χ2n) is 7.35. The van der Waals surface area contributed by atoms with Crippen molar-refractivity contribution in [3.8, 4) is 0 Å². The van der Waals surface area contributed by atoms with E-state index < -0.39 is 12.7 Å². The van der Waals surface area contributed by atoms with Crippen molar-refractivity contribution in [2.45, 2.75) is 54.6 Å². The molecular weight excluding hydrogens is 321 g/mol. The van der Waals surface area contributed by atoms with E-state index >= 15 is 0 Å². The van der Waals surface area contributed by atoms with Crippen molar-refractivity contribution >= 4 is 12.2 Å². The summed E-state index contributed by atoms with van der Waals surface area (Å²) in [5, 5.41) is 2.13. The molecule has 1 rings (SSSR count). The van der Waals surface area contributed by atoms with E-state index in [4.69, 9.17) is 4.79 Å². The topological polar surface area (TPSA) is 49.4 Å². The van der Waals surface area contributed by atoms with Crippen LogP contribution in [0.4, 0.5) is 13.2 Å². The molecule has 1 aliphatic rings. The number of likely N-dealkylation sites (tertiary alicyclic amines) is 1. The number of carbonyl (C=O) groups is 2. The fourth-order valence-corrected chi connectivity index (χ4v) is 1.90. The van der Waals surface area contributed by atoms with Gasteiger partial charge in [0.2, 0.25) is 5.91 Å². The third-order valence-electron chi connectivity index (χ3n) is 3.38. The van der Waals surface area contributed by atoms with E-state index in [1.807, 2.05) is 0 Å². The Kier molecular flexibility index (Phi) is 12.0. The molecule has 0 saturated carbocycles. The normalized spacial score (nSPS) is 19.1. The summed E-state index contributed by atoms with van der Waals surface area (Å²) in [4.78, 5) is 22.1. The number of hydrogen-bond donors (Lipinski definition) is 1. The molecule has 7 heteroatoms. The first-order valence-corrected chi connectivity index (χ1v) is 8.21. The third-order valence-corrected chi connectivity index (χ3v) is 3.38. The van der Waals surface area contributed by atoms with Gasteiger partial charge in [0.1, 0.15) is 6.29 Å². The van der Waals surface area contributed by atoms with Gasteiger partial charge in [0, 0.05) is 13.1 Å². The van der Waals surface area contributed by atoms with E-state index in [1.54, 1.807) is 4.90 Å². The first kappa shape index (κ1) is 25.1. The number of rotatable bonds is 3. The molecule has 1 N–H and O–H groups in total. The summed E-state index contributed by atoms with van der Waals surface area (Å²) in [5.74, 6) is 0.945. The molecule has 1 saturated heterocycles. The molecule has 24 heavy (non-hydrogen) atoms. The molecule has 144 valence electrons. The highest BCUT2D eigenvalue weighted by Crippen LogP contribution is 2.34. The van der Waals surface area contributed by atoms with Gasteiger partial charge in [0.25, 0.3) is 0 Å². The number of aldehydes is 1. The highest BCUT2D eigenvalue weighted by atomic mass is 19.4. The van der Waals surface area contributed by atoms with Gasteiger partial charge in [-0.05, 0) is 24.2 Å². The molecule has 0 aromatic heterocycles. The van der Waals surface area contributed by atoms with Crippen LogP contribution in [-0.2, 0) is 9.59 Å². The molecule has 1 aliphatic heterocycles. The molecule has 1 atom stereocenters. The minimum absolute atomic E-state index is 0.0414. The van der Waals surface area contributed by atoms with E-state index in [0.717, 1.165) is 12.2 Å². The summed E-state index contributed by atoms with van der Waals surface area (Å²) < 4.78 is 35.6. The van der Waals surface area contributed by atoms with Crippen molar-refractivity contribution in [2.75, 3.05) is 26.2 Å². The Morgan fingerprint density at radius 2 is 1.75 bits per heavy atom. The maximum atomic E-state index is 11.9. The van der Waals surface area contributed by atoms with E-state index in [0.29, 0.717) is 19.0 Å². The number of halogens is 3. The summed E-state index contributed by atoms with van der Waals surface area (Å²) >= 11 is 0. The molecule has 0 aromatic carbocycles. The highest BCUT2D eigenvalue weighted by molar-refractivity contribution is 5.78. The minimum atomic E-state index is -4.27. The summed E-state index contributed by atoms with van der Waals surface area (Å²) in [7, 11) is 0. The molecule has 0 radical (unpaired) electrons. The minimum Gasteiger partial charge on any atom is -0.341 e. The molecule has 0 aliphatic carbocycles. The average molecular weight is 354 g/mol. The molecule has 0 bridgehead atoms. The number of carbonyl (C=O) groups excluding carboxylic acids is 2. The first-order chi connectivity index (χ1) is 10.8. The van der Waals surface area contributed by atoms with Gasteiger partial charge < -0.3 is 15.0 Å². The number of hydrogen-bond acceptors (Lipinski definition) is 3. The van der Waals surface area contributed by atoms with E-state index in [9.17, 15) is 18.0 Å². The summed E-state index contributed by atoms with van der Waals surface area (Å²) in [6.45, 7) is 14.0. The lowest BCUT2D eigenvalue weighted by Gasteiger charge is -2.22. The van der Waals surface area contributed by atoms with Crippen LogP contribution in [0.5, 0.6) is 0 Å². The van der Waals surface area contributed by atoms with Gasteiger partial charge in [-0.1, -0.05) is 41.5 Å². The van der Waals surface area contributed by atoms with Gasteiger partial charge >= 0.3 is 6.18 Å². The number of nitrogens with one attached hydrogen (secondary N) is 1. The summed E-state index contributed by atoms with van der Waals surface area (Å²) in [5.41, 5.74) is 0.0414. The van der Waals surface area contributed by atoms with Gasteiger partial charge in [-0.2, -0.15) is 13.2 Å². The van der Waals surface area contributed by atoms with Gasteiger partial charge in [-0.25, -0.2) is 0 Å². The van der Waals surface area contributed by atoms with Gasteiger partial charge in [-0.15, -0.1) is 0 Å². The molecule has 0 aromatic rings. The highest BCUT2D eigenvalue weighted by Gasteiger charge is 2.38. The molecular formula is C17H33F3N2O2. The second-order valence-corrected chi connectivity index (χ2v) is 7.35. The maximum absolute atomic E-state index is 11.9.